The Labute approximate surface area is 260 Å². The minimum absolute atomic E-state index is 0.121. The van der Waals surface area contributed by atoms with Gasteiger partial charge in [0.2, 0.25) is 5.75 Å². The molecule has 0 aliphatic heterocycles. The van der Waals surface area contributed by atoms with E-state index in [9.17, 15) is 13.5 Å². The fraction of sp³-hybridized carbons (Fsp3) is 0.156. The van der Waals surface area contributed by atoms with Crippen molar-refractivity contribution in [3.63, 3.8) is 0 Å². The molecule has 44 heavy (non-hydrogen) atoms. The second-order valence-corrected chi connectivity index (χ2v) is 12.1. The first-order valence-electron chi connectivity index (χ1n) is 13.4. The van der Waals surface area contributed by atoms with Crippen LogP contribution in [0.25, 0.3) is 11.4 Å². The van der Waals surface area contributed by atoms with E-state index in [2.05, 4.69) is 19.7 Å². The molecule has 10 nitrogen and oxygen atoms in total. The van der Waals surface area contributed by atoms with Crippen molar-refractivity contribution in [2.24, 2.45) is 0 Å². The number of pyridine rings is 1. The number of aliphatic hydroxyl groups is 1. The van der Waals surface area contributed by atoms with Gasteiger partial charge in [-0.15, -0.1) is 0 Å². The summed E-state index contributed by atoms with van der Waals surface area (Å²) in [4.78, 5) is 13.0. The van der Waals surface area contributed by atoms with Crippen LogP contribution in [0, 0.1) is 0 Å². The molecule has 0 saturated heterocycles. The number of hydrogen-bond donors (Lipinski definition) is 2. The molecule has 2 aromatic heterocycles. The monoisotopic (exact) mass is 632 g/mol. The highest BCUT2D eigenvalue weighted by Crippen LogP contribution is 2.40. The number of rotatable bonds is 11. The lowest BCUT2D eigenvalue weighted by Gasteiger charge is -2.18. The summed E-state index contributed by atoms with van der Waals surface area (Å²) in [6.45, 7) is 3.50. The number of ether oxygens (including phenoxy) is 3. The maximum Gasteiger partial charge on any atom is 0.280 e. The number of aromatic nitrogens is 3. The Bertz CT molecular complexity index is 1870. The zero-order chi connectivity index (χ0) is 31.3. The van der Waals surface area contributed by atoms with Crippen LogP contribution in [0.2, 0.25) is 5.15 Å². The molecule has 0 radical (unpaired) electrons. The lowest BCUT2D eigenvalue weighted by molar-refractivity contribution is 0.0781. The first-order valence-corrected chi connectivity index (χ1v) is 15.3. The van der Waals surface area contributed by atoms with Crippen molar-refractivity contribution in [3.8, 4) is 34.4 Å². The topological polar surface area (TPSA) is 133 Å². The van der Waals surface area contributed by atoms with Gasteiger partial charge in [-0.2, -0.15) is 8.42 Å². The Kier molecular flexibility index (Phi) is 9.00. The van der Waals surface area contributed by atoms with Crippen molar-refractivity contribution in [1.82, 2.24) is 15.0 Å². The minimum Gasteiger partial charge on any atom is -0.493 e. The van der Waals surface area contributed by atoms with Gasteiger partial charge < -0.3 is 19.3 Å². The van der Waals surface area contributed by atoms with Crippen LogP contribution in [0.5, 0.6) is 23.0 Å². The van der Waals surface area contributed by atoms with Crippen molar-refractivity contribution in [1.29, 1.82) is 0 Å². The van der Waals surface area contributed by atoms with E-state index in [1.807, 2.05) is 30.3 Å². The number of nitrogens with zero attached hydrogens (tertiary/aromatic N) is 3. The van der Waals surface area contributed by atoms with E-state index in [1.54, 1.807) is 62.4 Å². The average Bonchev–Trinajstić information content (AvgIpc) is 3.02. The molecule has 3 aromatic carbocycles. The van der Waals surface area contributed by atoms with Gasteiger partial charge in [-0.05, 0) is 49.7 Å². The Morgan fingerprint density at radius 2 is 1.64 bits per heavy atom. The molecule has 0 fully saturated rings. The summed E-state index contributed by atoms with van der Waals surface area (Å²) in [6, 6.07) is 26.3. The number of para-hydroxylation sites is 2. The Balaban J connectivity index is 1.53. The fourth-order valence-electron chi connectivity index (χ4n) is 4.07. The largest absolute Gasteiger partial charge is 0.493 e. The molecule has 0 spiro atoms. The summed E-state index contributed by atoms with van der Waals surface area (Å²) in [7, 11) is -2.82. The summed E-state index contributed by atoms with van der Waals surface area (Å²) >= 11 is 6.63. The van der Waals surface area contributed by atoms with E-state index in [4.69, 9.17) is 25.8 Å². The van der Waals surface area contributed by atoms with Gasteiger partial charge in [-0.25, -0.2) is 15.0 Å². The van der Waals surface area contributed by atoms with Crippen LogP contribution < -0.4 is 18.9 Å². The highest BCUT2D eigenvalue weighted by molar-refractivity contribution is 7.92. The number of methoxy groups -OCH3 is 1. The Morgan fingerprint density at radius 1 is 0.909 bits per heavy atom. The quantitative estimate of drug-likeness (QED) is 0.155. The predicted molar refractivity (Wildman–Crippen MR) is 167 cm³/mol. The molecule has 5 rings (SSSR count). The Hall–Kier alpha value is -4.71. The molecule has 12 heteroatoms. The molecule has 0 atom stereocenters. The van der Waals surface area contributed by atoms with E-state index in [-0.39, 0.29) is 33.3 Å². The van der Waals surface area contributed by atoms with E-state index >= 15 is 0 Å². The van der Waals surface area contributed by atoms with Crippen LogP contribution in [-0.2, 0) is 22.2 Å². The number of halogens is 1. The second kappa shape index (κ2) is 12.9. The lowest BCUT2D eigenvalue weighted by atomic mass is 10.0. The summed E-state index contributed by atoms with van der Waals surface area (Å²) in [6.07, 6.45) is 1.29. The summed E-state index contributed by atoms with van der Waals surface area (Å²) in [5, 5.41) is 9.79. The summed E-state index contributed by atoms with van der Waals surface area (Å²) in [5.74, 6) is 0.948. The third-order valence-corrected chi connectivity index (χ3v) is 7.91. The minimum atomic E-state index is -4.30. The van der Waals surface area contributed by atoms with Crippen molar-refractivity contribution in [3.05, 3.63) is 113 Å². The maximum atomic E-state index is 13.5. The van der Waals surface area contributed by atoms with Crippen LogP contribution in [0.1, 0.15) is 25.0 Å². The van der Waals surface area contributed by atoms with Crippen LogP contribution in [0.4, 0.5) is 5.82 Å². The average molecular weight is 633 g/mol. The number of benzene rings is 3. The van der Waals surface area contributed by atoms with Gasteiger partial charge in [0.15, 0.2) is 33.3 Å². The van der Waals surface area contributed by atoms with Crippen LogP contribution in [0.3, 0.4) is 0 Å². The van der Waals surface area contributed by atoms with Crippen molar-refractivity contribution in [2.45, 2.75) is 31.1 Å². The van der Waals surface area contributed by atoms with Gasteiger partial charge in [0.05, 0.1) is 12.7 Å². The molecular formula is C32H29ClN4O6S. The zero-order valence-electron chi connectivity index (χ0n) is 24.1. The highest BCUT2D eigenvalue weighted by Gasteiger charge is 2.25. The summed E-state index contributed by atoms with van der Waals surface area (Å²) < 4.78 is 46.8. The van der Waals surface area contributed by atoms with E-state index in [0.717, 1.165) is 5.56 Å². The third-order valence-electron chi connectivity index (χ3n) is 6.40. The highest BCUT2D eigenvalue weighted by atomic mass is 35.5. The lowest BCUT2D eigenvalue weighted by Crippen LogP contribution is -2.19. The third kappa shape index (κ3) is 7.25. The van der Waals surface area contributed by atoms with Crippen molar-refractivity contribution < 1.29 is 27.7 Å². The summed E-state index contributed by atoms with van der Waals surface area (Å²) in [5.41, 5.74) is 0.760. The number of sulfonamides is 1. The molecule has 2 heterocycles. The van der Waals surface area contributed by atoms with Gasteiger partial charge in [-0.1, -0.05) is 72.3 Å². The second-order valence-electron chi connectivity index (χ2n) is 10.1. The van der Waals surface area contributed by atoms with E-state index in [0.29, 0.717) is 29.2 Å². The molecule has 0 amide bonds. The van der Waals surface area contributed by atoms with Crippen LogP contribution in [0.15, 0.2) is 102 Å². The normalized spacial score (nSPS) is 11.6. The standard InChI is InChI=1S/C32H29ClN4O6S/c1-32(2,38)23-16-17-27(34-19-23)44(39,40)37-31-28(43-26-15-8-7-14-25(26)41-3)29(33)35-30(36-31)22-12-9-13-24(18-22)42-20-21-10-5-4-6-11-21/h4-19,38H,20H2,1-3H3,(H,35,36,37). The smallest absolute Gasteiger partial charge is 0.280 e. The molecule has 0 unspecified atom stereocenters. The van der Waals surface area contributed by atoms with Crippen molar-refractivity contribution in [2.75, 3.05) is 11.8 Å². The molecule has 0 aliphatic rings. The zero-order valence-corrected chi connectivity index (χ0v) is 25.6. The molecule has 5 aromatic rings. The molecule has 226 valence electrons. The van der Waals surface area contributed by atoms with Gasteiger partial charge in [0.25, 0.3) is 10.0 Å². The first kappa shape index (κ1) is 30.7. The van der Waals surface area contributed by atoms with Gasteiger partial charge >= 0.3 is 0 Å². The molecule has 0 aliphatic carbocycles. The SMILES string of the molecule is COc1ccccc1Oc1c(Cl)nc(-c2cccc(OCc3ccccc3)c2)nc1NS(=O)(=O)c1ccc(C(C)(C)O)cn1. The van der Waals surface area contributed by atoms with E-state index < -0.39 is 15.6 Å². The number of anilines is 1. The molecule has 0 saturated carbocycles. The van der Waals surface area contributed by atoms with Gasteiger partial charge in [0, 0.05) is 17.3 Å². The fourth-order valence-corrected chi connectivity index (χ4v) is 5.22. The van der Waals surface area contributed by atoms with E-state index in [1.165, 1.54) is 25.4 Å². The predicted octanol–water partition coefficient (Wildman–Crippen LogP) is 6.60. The molecule has 0 bridgehead atoms. The maximum absolute atomic E-state index is 13.5. The number of hydrogen-bond acceptors (Lipinski definition) is 9. The van der Waals surface area contributed by atoms with Crippen LogP contribution >= 0.6 is 11.6 Å². The Morgan fingerprint density at radius 3 is 2.32 bits per heavy atom. The first-order chi connectivity index (χ1) is 21.0. The number of nitrogens with one attached hydrogen (secondary N) is 1. The van der Waals surface area contributed by atoms with Gasteiger partial charge in [-0.3, -0.25) is 4.72 Å². The van der Waals surface area contributed by atoms with Crippen molar-refractivity contribution >= 4 is 27.4 Å². The molecular weight excluding hydrogens is 604 g/mol. The molecule has 2 N–H and O–H groups in total. The van der Waals surface area contributed by atoms with Gasteiger partial charge in [0.1, 0.15) is 12.4 Å². The van der Waals surface area contributed by atoms with Crippen LogP contribution in [-0.4, -0.2) is 35.6 Å².